The molecule has 3 aromatic rings. The van der Waals surface area contributed by atoms with E-state index in [1.54, 1.807) is 35.9 Å². The van der Waals surface area contributed by atoms with Crippen LogP contribution < -0.4 is 0 Å². The maximum absolute atomic E-state index is 12.9. The van der Waals surface area contributed by atoms with Crippen LogP contribution in [0.15, 0.2) is 48.8 Å². The van der Waals surface area contributed by atoms with Crippen LogP contribution in [0.5, 0.6) is 0 Å². The van der Waals surface area contributed by atoms with Crippen molar-refractivity contribution in [2.75, 3.05) is 0 Å². The molecule has 2 nitrogen and oxygen atoms in total. The number of nitrogens with zero attached hydrogens (tertiary/aromatic N) is 1. The van der Waals surface area contributed by atoms with Crippen LogP contribution in [-0.4, -0.2) is 10.8 Å². The van der Waals surface area contributed by atoms with Crippen molar-refractivity contribution in [3.63, 3.8) is 0 Å². The van der Waals surface area contributed by atoms with E-state index in [9.17, 15) is 4.79 Å². The van der Waals surface area contributed by atoms with E-state index in [0.717, 1.165) is 26.4 Å². The lowest BCUT2D eigenvalue weighted by Crippen LogP contribution is -2.04. The molecule has 0 radical (unpaired) electrons. The Morgan fingerprint density at radius 3 is 2.68 bits per heavy atom. The predicted octanol–water partition coefficient (Wildman–Crippen LogP) is 5.31. The first-order chi connectivity index (χ1) is 10.6. The third kappa shape index (κ3) is 2.70. The molecule has 0 amide bonds. The third-order valence-electron chi connectivity index (χ3n) is 3.62. The Morgan fingerprint density at radius 1 is 1.18 bits per heavy atom. The molecule has 0 N–H and O–H groups in total. The van der Waals surface area contributed by atoms with Gasteiger partial charge in [0.1, 0.15) is 0 Å². The lowest BCUT2D eigenvalue weighted by molar-refractivity contribution is 0.103. The fourth-order valence-electron chi connectivity index (χ4n) is 2.37. The number of ketones is 1. The number of carbonyl (C=O) groups excluding carboxylic acids is 1. The van der Waals surface area contributed by atoms with E-state index in [1.807, 2.05) is 38.1 Å². The van der Waals surface area contributed by atoms with Crippen LogP contribution in [0.4, 0.5) is 0 Å². The highest BCUT2D eigenvalue weighted by Gasteiger charge is 2.21. The summed E-state index contributed by atoms with van der Waals surface area (Å²) in [6, 6.07) is 11.2. The van der Waals surface area contributed by atoms with Crippen LogP contribution in [0.2, 0.25) is 5.02 Å². The van der Waals surface area contributed by atoms with E-state index in [-0.39, 0.29) is 5.78 Å². The van der Waals surface area contributed by atoms with Crippen molar-refractivity contribution < 1.29 is 4.79 Å². The van der Waals surface area contributed by atoms with Crippen LogP contribution in [0.25, 0.3) is 10.4 Å². The van der Waals surface area contributed by atoms with E-state index in [2.05, 4.69) is 4.98 Å². The number of pyridine rings is 1. The number of carbonyl (C=O) groups is 1. The van der Waals surface area contributed by atoms with Crippen LogP contribution >= 0.6 is 22.9 Å². The zero-order chi connectivity index (χ0) is 15.7. The van der Waals surface area contributed by atoms with Gasteiger partial charge in [-0.15, -0.1) is 11.3 Å². The Bertz CT molecular complexity index is 840. The Balaban J connectivity index is 2.18. The predicted molar refractivity (Wildman–Crippen MR) is 91.9 cm³/mol. The summed E-state index contributed by atoms with van der Waals surface area (Å²) in [4.78, 5) is 19.0. The van der Waals surface area contributed by atoms with Crippen molar-refractivity contribution >= 4 is 28.7 Å². The zero-order valence-corrected chi connectivity index (χ0v) is 13.8. The highest BCUT2D eigenvalue weighted by molar-refractivity contribution is 7.16. The number of benzene rings is 1. The summed E-state index contributed by atoms with van der Waals surface area (Å²) in [5.41, 5.74) is 3.35. The molecule has 0 spiro atoms. The van der Waals surface area contributed by atoms with Gasteiger partial charge < -0.3 is 0 Å². The molecule has 22 heavy (non-hydrogen) atoms. The minimum atomic E-state index is 0.00456. The van der Waals surface area contributed by atoms with Gasteiger partial charge in [0.05, 0.1) is 0 Å². The Hall–Kier alpha value is -1.97. The van der Waals surface area contributed by atoms with Crippen molar-refractivity contribution in [2.24, 2.45) is 0 Å². The number of halogens is 1. The Labute approximate surface area is 138 Å². The zero-order valence-electron chi connectivity index (χ0n) is 12.3. The van der Waals surface area contributed by atoms with E-state index >= 15 is 0 Å². The largest absolute Gasteiger partial charge is 0.288 e. The molecular formula is C18H14ClNOS. The SMILES string of the molecule is Cc1sc(-c2cccc(Cl)c2)c(C(=O)c2cccnc2)c1C. The first-order valence-corrected chi connectivity index (χ1v) is 8.08. The average Bonchev–Trinajstić information content (AvgIpc) is 2.83. The van der Waals surface area contributed by atoms with Crippen molar-refractivity contribution in [3.05, 3.63) is 75.4 Å². The van der Waals surface area contributed by atoms with E-state index in [4.69, 9.17) is 11.6 Å². The summed E-state index contributed by atoms with van der Waals surface area (Å²) in [7, 11) is 0. The molecule has 0 unspecified atom stereocenters. The van der Waals surface area contributed by atoms with Gasteiger partial charge in [0.15, 0.2) is 5.78 Å². The molecule has 0 aliphatic carbocycles. The fourth-order valence-corrected chi connectivity index (χ4v) is 3.72. The summed E-state index contributed by atoms with van der Waals surface area (Å²) in [6.07, 6.45) is 3.27. The van der Waals surface area contributed by atoms with Crippen molar-refractivity contribution in [1.29, 1.82) is 0 Å². The normalized spacial score (nSPS) is 10.7. The number of hydrogen-bond acceptors (Lipinski definition) is 3. The summed E-state index contributed by atoms with van der Waals surface area (Å²) >= 11 is 7.73. The molecule has 0 saturated carbocycles. The molecule has 110 valence electrons. The van der Waals surface area contributed by atoms with Crippen molar-refractivity contribution in [1.82, 2.24) is 4.98 Å². The van der Waals surface area contributed by atoms with Crippen molar-refractivity contribution in [2.45, 2.75) is 13.8 Å². The van der Waals surface area contributed by atoms with Gasteiger partial charge in [0, 0.05) is 38.3 Å². The summed E-state index contributed by atoms with van der Waals surface area (Å²) < 4.78 is 0. The van der Waals surface area contributed by atoms with E-state index in [0.29, 0.717) is 10.6 Å². The van der Waals surface area contributed by atoms with E-state index < -0.39 is 0 Å². The smallest absolute Gasteiger partial charge is 0.196 e. The number of aromatic nitrogens is 1. The Morgan fingerprint density at radius 2 is 2.00 bits per heavy atom. The first kappa shape index (κ1) is 14.9. The molecule has 0 atom stereocenters. The Kier molecular flexibility index (Phi) is 4.10. The average molecular weight is 328 g/mol. The van der Waals surface area contributed by atoms with Gasteiger partial charge in [-0.25, -0.2) is 0 Å². The minimum Gasteiger partial charge on any atom is -0.288 e. The van der Waals surface area contributed by atoms with Gasteiger partial charge >= 0.3 is 0 Å². The quantitative estimate of drug-likeness (QED) is 0.610. The maximum atomic E-state index is 12.9. The van der Waals surface area contributed by atoms with E-state index in [1.165, 1.54) is 0 Å². The second-order valence-corrected chi connectivity index (χ2v) is 6.73. The minimum absolute atomic E-state index is 0.00456. The van der Waals surface area contributed by atoms with Crippen LogP contribution in [-0.2, 0) is 0 Å². The first-order valence-electron chi connectivity index (χ1n) is 6.88. The van der Waals surface area contributed by atoms with Crippen LogP contribution in [0, 0.1) is 13.8 Å². The fraction of sp³-hybridized carbons (Fsp3) is 0.111. The highest BCUT2D eigenvalue weighted by atomic mass is 35.5. The van der Waals surface area contributed by atoms with Gasteiger partial charge in [-0.3, -0.25) is 9.78 Å². The number of thiophene rings is 1. The molecule has 0 aliphatic rings. The number of hydrogen-bond donors (Lipinski definition) is 0. The summed E-state index contributed by atoms with van der Waals surface area (Å²) in [5.74, 6) is 0.00456. The molecule has 0 saturated heterocycles. The molecule has 1 aromatic carbocycles. The van der Waals surface area contributed by atoms with Gasteiger partial charge in [-0.05, 0) is 49.2 Å². The number of aryl methyl sites for hydroxylation is 1. The molecule has 2 heterocycles. The second kappa shape index (κ2) is 6.03. The summed E-state index contributed by atoms with van der Waals surface area (Å²) in [5, 5.41) is 0.668. The lowest BCUT2D eigenvalue weighted by atomic mass is 9.98. The topological polar surface area (TPSA) is 30.0 Å². The molecule has 2 aromatic heterocycles. The van der Waals surface area contributed by atoms with Crippen LogP contribution in [0.3, 0.4) is 0 Å². The monoisotopic (exact) mass is 327 g/mol. The standard InChI is InChI=1S/C18H14ClNOS/c1-11-12(2)22-18(13-5-3-7-15(19)9-13)16(11)17(21)14-6-4-8-20-10-14/h3-10H,1-2H3. The van der Waals surface area contributed by atoms with Gasteiger partial charge in [-0.1, -0.05) is 23.7 Å². The highest BCUT2D eigenvalue weighted by Crippen LogP contribution is 2.38. The maximum Gasteiger partial charge on any atom is 0.196 e. The lowest BCUT2D eigenvalue weighted by Gasteiger charge is -2.06. The second-order valence-electron chi connectivity index (χ2n) is 5.07. The van der Waals surface area contributed by atoms with Crippen molar-refractivity contribution in [3.8, 4) is 10.4 Å². The molecule has 4 heteroatoms. The molecular weight excluding hydrogens is 314 g/mol. The number of rotatable bonds is 3. The molecule has 3 rings (SSSR count). The van der Waals surface area contributed by atoms with Gasteiger partial charge in [0.25, 0.3) is 0 Å². The molecule has 0 fully saturated rings. The van der Waals surface area contributed by atoms with Gasteiger partial charge in [-0.2, -0.15) is 0 Å². The van der Waals surface area contributed by atoms with Crippen LogP contribution in [0.1, 0.15) is 26.4 Å². The summed E-state index contributed by atoms with van der Waals surface area (Å²) in [6.45, 7) is 4.03. The van der Waals surface area contributed by atoms with Gasteiger partial charge in [0.2, 0.25) is 0 Å². The third-order valence-corrected chi connectivity index (χ3v) is 5.11. The molecule has 0 bridgehead atoms. The molecule has 0 aliphatic heterocycles.